The van der Waals surface area contributed by atoms with Gasteiger partial charge in [0.1, 0.15) is 0 Å². The summed E-state index contributed by atoms with van der Waals surface area (Å²) in [5.74, 6) is -1.09. The summed E-state index contributed by atoms with van der Waals surface area (Å²) in [5, 5.41) is 21.9. The molecule has 0 spiro atoms. The summed E-state index contributed by atoms with van der Waals surface area (Å²) in [6.07, 6.45) is 0.821. The lowest BCUT2D eigenvalue weighted by molar-refractivity contribution is -0.385. The highest BCUT2D eigenvalue weighted by Gasteiger charge is 2.27. The predicted molar refractivity (Wildman–Crippen MR) is 91.5 cm³/mol. The van der Waals surface area contributed by atoms with Crippen molar-refractivity contribution >= 4 is 22.9 Å². The van der Waals surface area contributed by atoms with Crippen molar-refractivity contribution in [3.63, 3.8) is 0 Å². The second kappa shape index (κ2) is 6.96. The Morgan fingerprint density at radius 2 is 2.17 bits per heavy atom. The lowest BCUT2D eigenvalue weighted by atomic mass is 10.1. The quantitative estimate of drug-likeness (QED) is 0.658. The Balaban J connectivity index is 2.34. The summed E-state index contributed by atoms with van der Waals surface area (Å²) in [6.45, 7) is 5.78. The molecule has 0 fully saturated rings. The number of nitrogens with zero attached hydrogens (tertiary/aromatic N) is 3. The second-order valence-electron chi connectivity index (χ2n) is 5.43. The molecule has 24 heavy (non-hydrogen) atoms. The molecule has 0 radical (unpaired) electrons. The number of nitro groups is 1. The van der Waals surface area contributed by atoms with Gasteiger partial charge in [-0.2, -0.15) is 0 Å². The van der Waals surface area contributed by atoms with Crippen molar-refractivity contribution in [3.8, 4) is 5.75 Å². The van der Waals surface area contributed by atoms with Crippen LogP contribution in [0.1, 0.15) is 45.8 Å². The third-order valence-corrected chi connectivity index (χ3v) is 5.37. The molecule has 0 saturated heterocycles. The summed E-state index contributed by atoms with van der Waals surface area (Å²) >= 11 is 1.55. The van der Waals surface area contributed by atoms with Crippen LogP contribution < -0.4 is 0 Å². The van der Waals surface area contributed by atoms with Crippen LogP contribution in [0.15, 0.2) is 18.2 Å². The fraction of sp³-hybridized carbons (Fsp3) is 0.375. The average Bonchev–Trinajstić information content (AvgIpc) is 2.93. The lowest BCUT2D eigenvalue weighted by Gasteiger charge is -2.24. The zero-order valence-corrected chi connectivity index (χ0v) is 14.8. The minimum Gasteiger partial charge on any atom is -0.502 e. The minimum absolute atomic E-state index is 0.0866. The van der Waals surface area contributed by atoms with Gasteiger partial charge < -0.3 is 10.0 Å². The van der Waals surface area contributed by atoms with E-state index < -0.39 is 22.3 Å². The molecule has 2 rings (SSSR count). The molecule has 8 heteroatoms. The number of phenols is 1. The molecular weight excluding hydrogens is 330 g/mol. The Bertz CT molecular complexity index is 788. The maximum atomic E-state index is 12.7. The summed E-state index contributed by atoms with van der Waals surface area (Å²) < 4.78 is 0. The van der Waals surface area contributed by atoms with Crippen LogP contribution in [0.3, 0.4) is 0 Å². The Kier molecular flexibility index (Phi) is 5.18. The largest absolute Gasteiger partial charge is 0.502 e. The molecule has 1 amide bonds. The van der Waals surface area contributed by atoms with Crippen LogP contribution >= 0.6 is 11.3 Å². The van der Waals surface area contributed by atoms with E-state index in [0.717, 1.165) is 28.1 Å². The van der Waals surface area contributed by atoms with Gasteiger partial charge in [-0.15, -0.1) is 11.3 Å². The smallest absolute Gasteiger partial charge is 0.311 e. The van der Waals surface area contributed by atoms with Crippen molar-refractivity contribution in [2.45, 2.75) is 33.2 Å². The normalized spacial score (nSPS) is 12.0. The van der Waals surface area contributed by atoms with Crippen molar-refractivity contribution < 1.29 is 14.8 Å². The van der Waals surface area contributed by atoms with Gasteiger partial charge in [0.2, 0.25) is 5.75 Å². The van der Waals surface area contributed by atoms with Gasteiger partial charge in [-0.1, -0.05) is 13.0 Å². The molecule has 7 nitrogen and oxygen atoms in total. The Hall–Kier alpha value is -2.48. The zero-order valence-electron chi connectivity index (χ0n) is 13.9. The second-order valence-corrected chi connectivity index (χ2v) is 6.55. The number of rotatable bonds is 5. The average molecular weight is 349 g/mol. The van der Waals surface area contributed by atoms with Crippen LogP contribution in [0.2, 0.25) is 0 Å². The number of aryl methyl sites for hydroxylation is 2. The molecular formula is C16H19N3O4S. The molecule has 2 aromatic rings. The molecule has 0 unspecified atom stereocenters. The first kappa shape index (κ1) is 17.9. The molecule has 1 atom stereocenters. The number of benzene rings is 1. The zero-order chi connectivity index (χ0) is 18.0. The topological polar surface area (TPSA) is 96.6 Å². The van der Waals surface area contributed by atoms with E-state index in [0.29, 0.717) is 0 Å². The highest BCUT2D eigenvalue weighted by atomic mass is 32.1. The molecule has 1 aromatic carbocycles. The Morgan fingerprint density at radius 1 is 1.50 bits per heavy atom. The molecule has 0 aliphatic heterocycles. The van der Waals surface area contributed by atoms with Gasteiger partial charge in [-0.3, -0.25) is 14.9 Å². The number of thiazole rings is 1. The maximum absolute atomic E-state index is 12.7. The van der Waals surface area contributed by atoms with Gasteiger partial charge in [0.05, 0.1) is 27.2 Å². The molecule has 1 N–H and O–H groups in total. The van der Waals surface area contributed by atoms with E-state index in [-0.39, 0.29) is 11.6 Å². The predicted octanol–water partition coefficient (Wildman–Crippen LogP) is 3.46. The number of para-hydroxylation sites is 1. The van der Waals surface area contributed by atoms with Crippen LogP contribution in [-0.4, -0.2) is 32.9 Å². The standard InChI is InChI=1S/C16H19N3O4S/c1-5-13-17-9(2)15(24-13)10(3)18(4)16(21)11-7-6-8-12(14(11)20)19(22)23/h6-8,10,20H,5H2,1-4H3/t10-/m1/s1. The van der Waals surface area contributed by atoms with Crippen molar-refractivity contribution in [3.05, 3.63) is 49.5 Å². The summed E-state index contributed by atoms with van der Waals surface area (Å²) in [7, 11) is 1.61. The third-order valence-electron chi connectivity index (χ3n) is 3.90. The Labute approximate surface area is 143 Å². The van der Waals surface area contributed by atoms with E-state index in [1.165, 1.54) is 17.0 Å². The van der Waals surface area contributed by atoms with Gasteiger partial charge in [0, 0.05) is 18.0 Å². The van der Waals surface area contributed by atoms with Crippen LogP contribution in [0, 0.1) is 17.0 Å². The van der Waals surface area contributed by atoms with Gasteiger partial charge in [-0.05, 0) is 26.3 Å². The number of phenolic OH excluding ortho intramolecular Hbond substituents is 1. The van der Waals surface area contributed by atoms with Gasteiger partial charge in [0.15, 0.2) is 0 Å². The van der Waals surface area contributed by atoms with Crippen LogP contribution in [0.5, 0.6) is 5.75 Å². The van der Waals surface area contributed by atoms with Crippen LogP contribution in [-0.2, 0) is 6.42 Å². The fourth-order valence-corrected chi connectivity index (χ4v) is 3.50. The van der Waals surface area contributed by atoms with Crippen LogP contribution in [0.25, 0.3) is 0 Å². The van der Waals surface area contributed by atoms with E-state index >= 15 is 0 Å². The number of aromatic hydroxyl groups is 1. The number of carbonyl (C=O) groups excluding carboxylic acids is 1. The summed E-state index contributed by atoms with van der Waals surface area (Å²) in [6, 6.07) is 3.67. The van der Waals surface area contributed by atoms with Gasteiger partial charge in [-0.25, -0.2) is 4.98 Å². The fourth-order valence-electron chi connectivity index (χ4n) is 2.40. The van der Waals surface area contributed by atoms with E-state index in [2.05, 4.69) is 4.98 Å². The number of carbonyl (C=O) groups is 1. The summed E-state index contributed by atoms with van der Waals surface area (Å²) in [4.78, 5) is 29.8. The highest BCUT2D eigenvalue weighted by molar-refractivity contribution is 7.11. The summed E-state index contributed by atoms with van der Waals surface area (Å²) in [5.41, 5.74) is 0.299. The monoisotopic (exact) mass is 349 g/mol. The molecule has 1 heterocycles. The van der Waals surface area contributed by atoms with E-state index in [4.69, 9.17) is 0 Å². The van der Waals surface area contributed by atoms with Gasteiger partial charge >= 0.3 is 5.69 Å². The highest BCUT2D eigenvalue weighted by Crippen LogP contribution is 2.33. The molecule has 0 aliphatic carbocycles. The number of aromatic nitrogens is 1. The van der Waals surface area contributed by atoms with Crippen molar-refractivity contribution in [2.24, 2.45) is 0 Å². The van der Waals surface area contributed by atoms with Gasteiger partial charge in [0.25, 0.3) is 5.91 Å². The number of amides is 1. The molecule has 1 aromatic heterocycles. The number of hydrogen-bond acceptors (Lipinski definition) is 6. The van der Waals surface area contributed by atoms with Crippen molar-refractivity contribution in [2.75, 3.05) is 7.05 Å². The van der Waals surface area contributed by atoms with Crippen molar-refractivity contribution in [1.82, 2.24) is 9.88 Å². The first-order valence-electron chi connectivity index (χ1n) is 7.47. The number of nitro benzene ring substituents is 1. The molecule has 0 aliphatic rings. The molecule has 0 bridgehead atoms. The first-order valence-corrected chi connectivity index (χ1v) is 8.29. The van der Waals surface area contributed by atoms with E-state index in [9.17, 15) is 20.0 Å². The minimum atomic E-state index is -0.712. The van der Waals surface area contributed by atoms with E-state index in [1.54, 1.807) is 18.4 Å². The molecule has 0 saturated carbocycles. The van der Waals surface area contributed by atoms with E-state index in [1.807, 2.05) is 20.8 Å². The van der Waals surface area contributed by atoms with Crippen molar-refractivity contribution in [1.29, 1.82) is 0 Å². The maximum Gasteiger partial charge on any atom is 0.311 e. The number of hydrogen-bond donors (Lipinski definition) is 1. The first-order chi connectivity index (χ1) is 11.3. The lowest BCUT2D eigenvalue weighted by Crippen LogP contribution is -2.29. The SMILES string of the molecule is CCc1nc(C)c([C@@H](C)N(C)C(=O)c2cccc([N+](=O)[O-])c2O)s1. The third kappa shape index (κ3) is 3.23. The Morgan fingerprint density at radius 3 is 2.71 bits per heavy atom. The van der Waals surface area contributed by atoms with Crippen LogP contribution in [0.4, 0.5) is 5.69 Å². The molecule has 128 valence electrons.